The van der Waals surface area contributed by atoms with E-state index in [0.717, 1.165) is 11.3 Å². The van der Waals surface area contributed by atoms with Crippen LogP contribution in [0.15, 0.2) is 45.9 Å². The number of nitrogens with one attached hydrogen (secondary N) is 1. The lowest BCUT2D eigenvalue weighted by molar-refractivity contribution is 0.0954. The molecule has 1 N–H and O–H groups in total. The molecule has 4 heteroatoms. The minimum absolute atomic E-state index is 0.229. The summed E-state index contributed by atoms with van der Waals surface area (Å²) in [5.74, 6) is 1.19. The molecule has 1 heterocycles. The first-order valence-corrected chi connectivity index (χ1v) is 5.62. The van der Waals surface area contributed by atoms with Gasteiger partial charge in [-0.05, 0) is 37.6 Å². The highest BCUT2D eigenvalue weighted by Crippen LogP contribution is 2.06. The molecular weight excluding hydrogens is 228 g/mol. The third kappa shape index (κ3) is 2.85. The fourth-order valence-corrected chi connectivity index (χ4v) is 1.57. The zero-order valence-corrected chi connectivity index (χ0v) is 10.3. The normalized spacial score (nSPS) is 10.8. The molecule has 0 fully saturated rings. The van der Waals surface area contributed by atoms with Gasteiger partial charge in [0.15, 0.2) is 0 Å². The molecule has 0 saturated carbocycles. The number of amides is 1. The van der Waals surface area contributed by atoms with Gasteiger partial charge in [-0.2, -0.15) is 5.10 Å². The Morgan fingerprint density at radius 1 is 1.22 bits per heavy atom. The SMILES string of the molecule is Cc1ccc(/C=N/NC(=O)c2ccccc2C)o1. The van der Waals surface area contributed by atoms with Crippen LogP contribution < -0.4 is 5.43 Å². The summed E-state index contributed by atoms with van der Waals surface area (Å²) in [6, 6.07) is 11.0. The summed E-state index contributed by atoms with van der Waals surface area (Å²) in [5, 5.41) is 3.85. The maximum Gasteiger partial charge on any atom is 0.271 e. The van der Waals surface area contributed by atoms with Gasteiger partial charge in [-0.1, -0.05) is 18.2 Å². The first-order valence-electron chi connectivity index (χ1n) is 5.62. The molecule has 2 aromatic rings. The third-order valence-corrected chi connectivity index (χ3v) is 2.51. The molecule has 0 aliphatic rings. The molecular formula is C14H14N2O2. The smallest absolute Gasteiger partial charge is 0.271 e. The second kappa shape index (κ2) is 5.31. The molecule has 92 valence electrons. The maximum atomic E-state index is 11.8. The van der Waals surface area contributed by atoms with Gasteiger partial charge in [-0.3, -0.25) is 4.79 Å². The Morgan fingerprint density at radius 2 is 2.00 bits per heavy atom. The number of rotatable bonds is 3. The zero-order chi connectivity index (χ0) is 13.0. The summed E-state index contributed by atoms with van der Waals surface area (Å²) >= 11 is 0. The van der Waals surface area contributed by atoms with E-state index in [-0.39, 0.29) is 5.91 Å². The highest BCUT2D eigenvalue weighted by atomic mass is 16.3. The Bertz CT molecular complexity index is 585. The Hall–Kier alpha value is -2.36. The van der Waals surface area contributed by atoms with Gasteiger partial charge < -0.3 is 4.42 Å². The number of benzene rings is 1. The van der Waals surface area contributed by atoms with Crippen LogP contribution in [0.4, 0.5) is 0 Å². The van der Waals surface area contributed by atoms with Crippen molar-refractivity contribution in [1.29, 1.82) is 0 Å². The molecule has 4 nitrogen and oxygen atoms in total. The van der Waals surface area contributed by atoms with Crippen LogP contribution in [-0.2, 0) is 0 Å². The van der Waals surface area contributed by atoms with E-state index < -0.39 is 0 Å². The monoisotopic (exact) mass is 242 g/mol. The number of hydrazone groups is 1. The Kier molecular flexibility index (Phi) is 3.57. The lowest BCUT2D eigenvalue weighted by Crippen LogP contribution is -2.18. The minimum Gasteiger partial charge on any atom is -0.460 e. The summed E-state index contributed by atoms with van der Waals surface area (Å²) in [6.45, 7) is 3.73. The second-order valence-electron chi connectivity index (χ2n) is 3.96. The Balaban J connectivity index is 2.01. The number of furan rings is 1. The summed E-state index contributed by atoms with van der Waals surface area (Å²) in [5.41, 5.74) is 4.00. The van der Waals surface area contributed by atoms with Gasteiger partial charge in [-0.25, -0.2) is 5.43 Å². The largest absolute Gasteiger partial charge is 0.460 e. The second-order valence-corrected chi connectivity index (χ2v) is 3.96. The van der Waals surface area contributed by atoms with Crippen molar-refractivity contribution < 1.29 is 9.21 Å². The van der Waals surface area contributed by atoms with E-state index in [4.69, 9.17) is 4.42 Å². The lowest BCUT2D eigenvalue weighted by Gasteiger charge is -2.02. The number of hydrogen-bond acceptors (Lipinski definition) is 3. The molecule has 1 amide bonds. The third-order valence-electron chi connectivity index (χ3n) is 2.51. The molecule has 0 atom stereocenters. The highest BCUT2D eigenvalue weighted by Gasteiger charge is 2.06. The first-order chi connectivity index (χ1) is 8.66. The average molecular weight is 242 g/mol. The standard InChI is InChI=1S/C14H14N2O2/c1-10-5-3-4-6-13(10)14(17)16-15-9-12-8-7-11(2)18-12/h3-9H,1-2H3,(H,16,17)/b15-9+. The van der Waals surface area contributed by atoms with E-state index >= 15 is 0 Å². The van der Waals surface area contributed by atoms with Crippen LogP contribution in [-0.4, -0.2) is 12.1 Å². The predicted molar refractivity (Wildman–Crippen MR) is 69.7 cm³/mol. The van der Waals surface area contributed by atoms with E-state index in [1.54, 1.807) is 12.1 Å². The van der Waals surface area contributed by atoms with Crippen LogP contribution in [0.2, 0.25) is 0 Å². The topological polar surface area (TPSA) is 54.6 Å². The van der Waals surface area contributed by atoms with Gasteiger partial charge >= 0.3 is 0 Å². The molecule has 1 aromatic carbocycles. The van der Waals surface area contributed by atoms with E-state index in [1.807, 2.05) is 38.1 Å². The van der Waals surface area contributed by atoms with Gasteiger partial charge in [0.05, 0.1) is 6.21 Å². The van der Waals surface area contributed by atoms with E-state index in [0.29, 0.717) is 11.3 Å². The number of aryl methyl sites for hydroxylation is 2. The zero-order valence-electron chi connectivity index (χ0n) is 10.3. The van der Waals surface area contributed by atoms with Crippen LogP contribution >= 0.6 is 0 Å². The van der Waals surface area contributed by atoms with Crippen molar-refractivity contribution in [3.05, 3.63) is 59.0 Å². The molecule has 0 unspecified atom stereocenters. The maximum absolute atomic E-state index is 11.8. The molecule has 0 aliphatic carbocycles. The molecule has 2 rings (SSSR count). The van der Waals surface area contributed by atoms with Gasteiger partial charge in [0.1, 0.15) is 11.5 Å². The Labute approximate surface area is 105 Å². The van der Waals surface area contributed by atoms with Crippen LogP contribution in [0.5, 0.6) is 0 Å². The molecule has 0 saturated heterocycles. The summed E-state index contributed by atoms with van der Waals surface area (Å²) < 4.78 is 5.29. The summed E-state index contributed by atoms with van der Waals surface area (Å²) in [6.07, 6.45) is 1.48. The molecule has 1 aromatic heterocycles. The number of nitrogens with zero attached hydrogens (tertiary/aromatic N) is 1. The summed E-state index contributed by atoms with van der Waals surface area (Å²) in [4.78, 5) is 11.8. The lowest BCUT2D eigenvalue weighted by atomic mass is 10.1. The number of carbonyl (C=O) groups excluding carboxylic acids is 1. The molecule has 0 aliphatic heterocycles. The van der Waals surface area contributed by atoms with Crippen molar-refractivity contribution in [2.75, 3.05) is 0 Å². The van der Waals surface area contributed by atoms with Crippen molar-refractivity contribution in [3.8, 4) is 0 Å². The quantitative estimate of drug-likeness (QED) is 0.664. The van der Waals surface area contributed by atoms with E-state index in [9.17, 15) is 4.79 Å². The molecule has 18 heavy (non-hydrogen) atoms. The van der Waals surface area contributed by atoms with Crippen molar-refractivity contribution in [3.63, 3.8) is 0 Å². The van der Waals surface area contributed by atoms with Crippen LogP contribution in [0, 0.1) is 13.8 Å². The van der Waals surface area contributed by atoms with Crippen LogP contribution in [0.1, 0.15) is 27.4 Å². The average Bonchev–Trinajstić information content (AvgIpc) is 2.75. The van der Waals surface area contributed by atoms with Crippen molar-refractivity contribution in [2.24, 2.45) is 5.10 Å². The number of hydrogen-bond donors (Lipinski definition) is 1. The van der Waals surface area contributed by atoms with Crippen molar-refractivity contribution in [1.82, 2.24) is 5.43 Å². The van der Waals surface area contributed by atoms with Crippen molar-refractivity contribution in [2.45, 2.75) is 13.8 Å². The molecule has 0 spiro atoms. The fourth-order valence-electron chi connectivity index (χ4n) is 1.57. The van der Waals surface area contributed by atoms with Crippen LogP contribution in [0.25, 0.3) is 0 Å². The number of carbonyl (C=O) groups is 1. The first kappa shape index (κ1) is 12.1. The summed E-state index contributed by atoms with van der Waals surface area (Å²) in [7, 11) is 0. The van der Waals surface area contributed by atoms with Crippen LogP contribution in [0.3, 0.4) is 0 Å². The minimum atomic E-state index is -0.229. The predicted octanol–water partition coefficient (Wildman–Crippen LogP) is 2.66. The van der Waals surface area contributed by atoms with Gasteiger partial charge in [0.25, 0.3) is 5.91 Å². The van der Waals surface area contributed by atoms with Gasteiger partial charge in [0.2, 0.25) is 0 Å². The Morgan fingerprint density at radius 3 is 2.67 bits per heavy atom. The van der Waals surface area contributed by atoms with E-state index in [2.05, 4.69) is 10.5 Å². The van der Waals surface area contributed by atoms with Crippen molar-refractivity contribution >= 4 is 12.1 Å². The van der Waals surface area contributed by atoms with E-state index in [1.165, 1.54) is 6.21 Å². The molecule has 0 bridgehead atoms. The van der Waals surface area contributed by atoms with Gasteiger partial charge in [0, 0.05) is 5.56 Å². The van der Waals surface area contributed by atoms with Gasteiger partial charge in [-0.15, -0.1) is 0 Å². The highest BCUT2D eigenvalue weighted by molar-refractivity contribution is 5.96. The fraction of sp³-hybridized carbons (Fsp3) is 0.143. The molecule has 0 radical (unpaired) electrons.